The smallest absolute Gasteiger partial charge is 0.248 e. The molecule has 4 heteroatoms. The average Bonchev–Trinajstić information content (AvgIpc) is 2.63. The minimum Gasteiger partial charge on any atom is -0.506 e. The fourth-order valence-electron chi connectivity index (χ4n) is 3.66. The van der Waals surface area contributed by atoms with E-state index in [-0.39, 0.29) is 22.8 Å². The summed E-state index contributed by atoms with van der Waals surface area (Å²) in [6.07, 6.45) is 15.4. The van der Waals surface area contributed by atoms with E-state index in [1.807, 2.05) is 25.2 Å². The largest absolute Gasteiger partial charge is 0.506 e. The number of hydrogen-bond acceptors (Lipinski definition) is 2. The molecule has 0 unspecified atom stereocenters. The van der Waals surface area contributed by atoms with E-state index in [1.165, 1.54) is 48.6 Å². The number of carbonyl (C=O) groups excluding carboxylic acids is 1. The minimum atomic E-state index is -0.322. The van der Waals surface area contributed by atoms with Gasteiger partial charge in [0, 0.05) is 11.1 Å². The summed E-state index contributed by atoms with van der Waals surface area (Å²) < 4.78 is 0. The first-order valence-corrected chi connectivity index (χ1v) is 10.7. The molecule has 2 N–H and O–H groups in total. The van der Waals surface area contributed by atoms with E-state index < -0.39 is 0 Å². The van der Waals surface area contributed by atoms with Crippen molar-refractivity contribution in [2.75, 3.05) is 5.32 Å². The lowest BCUT2D eigenvalue weighted by Crippen LogP contribution is -2.19. The van der Waals surface area contributed by atoms with Crippen LogP contribution in [0.3, 0.4) is 0 Å². The normalized spacial score (nSPS) is 17.8. The molecule has 1 amide bonds. The van der Waals surface area contributed by atoms with Gasteiger partial charge in [0.1, 0.15) is 5.75 Å². The molecule has 0 atom stereocenters. The highest BCUT2D eigenvalue weighted by Gasteiger charge is 2.26. The predicted molar refractivity (Wildman–Crippen MR) is 128 cm³/mol. The lowest BCUT2D eigenvalue weighted by molar-refractivity contribution is -0.112. The van der Waals surface area contributed by atoms with Gasteiger partial charge in [-0.1, -0.05) is 67.0 Å². The van der Waals surface area contributed by atoms with Crippen molar-refractivity contribution < 1.29 is 9.90 Å². The quantitative estimate of drug-likeness (QED) is 0.281. The standard InChI is InChI=1S/C26H32ClNO2/c1-18(11-13-22-20(3)10-7-15-26(22,4)5)8-6-9-19(2)16-25(30)28-23-17-21(27)12-14-24(23)29/h6,8-9,11-14,16-17,29H,7,10,15H2,1-5H3,(H,28,30)/b9-6+,13-11+,18-8+,19-16+. The van der Waals surface area contributed by atoms with Gasteiger partial charge in [0.15, 0.2) is 0 Å². The Morgan fingerprint density at radius 1 is 1.20 bits per heavy atom. The molecule has 0 fully saturated rings. The van der Waals surface area contributed by atoms with E-state index in [1.54, 1.807) is 6.07 Å². The number of phenols is 1. The molecule has 1 aliphatic carbocycles. The molecule has 0 radical (unpaired) electrons. The van der Waals surface area contributed by atoms with Gasteiger partial charge in [-0.15, -0.1) is 0 Å². The van der Waals surface area contributed by atoms with Crippen LogP contribution in [0.2, 0.25) is 5.02 Å². The molecular weight excluding hydrogens is 394 g/mol. The zero-order valence-electron chi connectivity index (χ0n) is 18.6. The highest BCUT2D eigenvalue weighted by molar-refractivity contribution is 6.31. The molecule has 30 heavy (non-hydrogen) atoms. The Morgan fingerprint density at radius 3 is 2.63 bits per heavy atom. The van der Waals surface area contributed by atoms with Crippen molar-refractivity contribution in [1.82, 2.24) is 0 Å². The average molecular weight is 426 g/mol. The number of phenolic OH excluding ortho intramolecular Hbond substituents is 1. The number of amides is 1. The first kappa shape index (κ1) is 23.8. The summed E-state index contributed by atoms with van der Waals surface area (Å²) in [6, 6.07) is 4.52. The molecule has 0 saturated carbocycles. The van der Waals surface area contributed by atoms with Gasteiger partial charge in [-0.2, -0.15) is 0 Å². The Bertz CT molecular complexity index is 946. The second-order valence-electron chi connectivity index (χ2n) is 8.57. The second kappa shape index (κ2) is 10.5. The van der Waals surface area contributed by atoms with Crippen LogP contribution in [0, 0.1) is 5.41 Å². The number of rotatable bonds is 6. The van der Waals surface area contributed by atoms with Crippen LogP contribution in [0.25, 0.3) is 0 Å². The lowest BCUT2D eigenvalue weighted by atomic mass is 9.72. The minimum absolute atomic E-state index is 0.0221. The van der Waals surface area contributed by atoms with Crippen molar-refractivity contribution in [2.24, 2.45) is 5.41 Å². The van der Waals surface area contributed by atoms with Gasteiger partial charge in [-0.05, 0) is 74.8 Å². The summed E-state index contributed by atoms with van der Waals surface area (Å²) >= 11 is 5.90. The van der Waals surface area contributed by atoms with Crippen molar-refractivity contribution in [3.05, 3.63) is 82.0 Å². The number of anilines is 1. The molecule has 0 heterocycles. The fourth-order valence-corrected chi connectivity index (χ4v) is 3.84. The topological polar surface area (TPSA) is 49.3 Å². The Morgan fingerprint density at radius 2 is 1.93 bits per heavy atom. The van der Waals surface area contributed by atoms with Gasteiger partial charge in [0.25, 0.3) is 0 Å². The van der Waals surface area contributed by atoms with Crippen LogP contribution in [0.4, 0.5) is 5.69 Å². The van der Waals surface area contributed by atoms with E-state index in [2.05, 4.69) is 45.2 Å². The van der Waals surface area contributed by atoms with Crippen molar-refractivity contribution in [3.63, 3.8) is 0 Å². The van der Waals surface area contributed by atoms with E-state index in [4.69, 9.17) is 11.6 Å². The van der Waals surface area contributed by atoms with Crippen LogP contribution in [-0.2, 0) is 4.79 Å². The van der Waals surface area contributed by atoms with Crippen molar-refractivity contribution in [2.45, 2.75) is 53.9 Å². The Balaban J connectivity index is 1.99. The van der Waals surface area contributed by atoms with E-state index in [0.29, 0.717) is 5.02 Å². The van der Waals surface area contributed by atoms with Gasteiger partial charge in [0.2, 0.25) is 5.91 Å². The highest BCUT2D eigenvalue weighted by atomic mass is 35.5. The third-order valence-electron chi connectivity index (χ3n) is 5.35. The molecular formula is C26H32ClNO2. The first-order valence-electron chi connectivity index (χ1n) is 10.3. The number of carbonyl (C=O) groups is 1. The molecule has 3 nitrogen and oxygen atoms in total. The fraction of sp³-hybridized carbons (Fsp3) is 0.346. The van der Waals surface area contributed by atoms with E-state index in [0.717, 1.165) is 11.1 Å². The second-order valence-corrected chi connectivity index (χ2v) is 9.01. The highest BCUT2D eigenvalue weighted by Crippen LogP contribution is 2.40. The maximum absolute atomic E-state index is 12.1. The number of halogens is 1. The summed E-state index contributed by atoms with van der Waals surface area (Å²) in [6.45, 7) is 10.8. The third-order valence-corrected chi connectivity index (χ3v) is 5.58. The van der Waals surface area contributed by atoms with Gasteiger partial charge in [-0.3, -0.25) is 4.79 Å². The Kier molecular flexibility index (Phi) is 8.31. The summed E-state index contributed by atoms with van der Waals surface area (Å²) in [4.78, 5) is 12.1. The summed E-state index contributed by atoms with van der Waals surface area (Å²) in [5.74, 6) is -0.344. The number of aromatic hydroxyl groups is 1. The summed E-state index contributed by atoms with van der Waals surface area (Å²) in [7, 11) is 0. The van der Waals surface area contributed by atoms with Gasteiger partial charge >= 0.3 is 0 Å². The molecule has 1 aliphatic rings. The first-order chi connectivity index (χ1) is 14.1. The molecule has 0 aliphatic heterocycles. The van der Waals surface area contributed by atoms with Crippen LogP contribution >= 0.6 is 11.6 Å². The van der Waals surface area contributed by atoms with Gasteiger partial charge in [-0.25, -0.2) is 0 Å². The summed E-state index contributed by atoms with van der Waals surface area (Å²) in [5.41, 5.74) is 5.41. The number of allylic oxidation sites excluding steroid dienone is 9. The Hall–Kier alpha value is -2.52. The monoisotopic (exact) mass is 425 g/mol. The molecule has 160 valence electrons. The van der Waals surface area contributed by atoms with Crippen molar-refractivity contribution in [3.8, 4) is 5.75 Å². The van der Waals surface area contributed by atoms with Crippen LogP contribution in [0.5, 0.6) is 5.75 Å². The number of benzene rings is 1. The predicted octanol–water partition coefficient (Wildman–Crippen LogP) is 7.52. The number of nitrogens with one attached hydrogen (secondary N) is 1. The molecule has 0 aromatic heterocycles. The lowest BCUT2D eigenvalue weighted by Gasteiger charge is -2.32. The molecule has 1 aromatic carbocycles. The molecule has 0 saturated heterocycles. The number of hydrogen-bond donors (Lipinski definition) is 2. The zero-order chi connectivity index (χ0) is 22.3. The van der Waals surface area contributed by atoms with E-state index in [9.17, 15) is 9.90 Å². The zero-order valence-corrected chi connectivity index (χ0v) is 19.3. The van der Waals surface area contributed by atoms with Crippen molar-refractivity contribution >= 4 is 23.2 Å². The SMILES string of the molecule is CC1=C(/C=C/C(C)=C/C=C/C(C)=C/C(=O)Nc2cc(Cl)ccc2O)C(C)(C)CCC1. The third kappa shape index (κ3) is 7.07. The van der Waals surface area contributed by atoms with Crippen molar-refractivity contribution in [1.29, 1.82) is 0 Å². The van der Waals surface area contributed by atoms with Crippen LogP contribution in [0.1, 0.15) is 53.9 Å². The van der Waals surface area contributed by atoms with Crippen LogP contribution in [0.15, 0.2) is 76.9 Å². The molecule has 1 aromatic rings. The molecule has 0 bridgehead atoms. The summed E-state index contributed by atoms with van der Waals surface area (Å²) in [5, 5.41) is 12.9. The Labute approximate surface area is 185 Å². The van der Waals surface area contributed by atoms with E-state index >= 15 is 0 Å². The molecule has 2 rings (SSSR count). The van der Waals surface area contributed by atoms with Gasteiger partial charge in [0.05, 0.1) is 5.69 Å². The molecule has 0 spiro atoms. The maximum atomic E-state index is 12.1. The van der Waals surface area contributed by atoms with Crippen LogP contribution < -0.4 is 5.32 Å². The van der Waals surface area contributed by atoms with Crippen LogP contribution in [-0.4, -0.2) is 11.0 Å². The maximum Gasteiger partial charge on any atom is 0.248 e. The van der Waals surface area contributed by atoms with Gasteiger partial charge < -0.3 is 10.4 Å².